The molecule has 0 saturated carbocycles. The molecule has 1 heterocycles. The molecular weight excluding hydrogens is 459 g/mol. The Morgan fingerprint density at radius 2 is 1.64 bits per heavy atom. The maximum absolute atomic E-state index is 12.7. The van der Waals surface area contributed by atoms with Crippen molar-refractivity contribution in [2.24, 2.45) is 5.73 Å². The van der Waals surface area contributed by atoms with Crippen LogP contribution in [0.3, 0.4) is 0 Å². The molecule has 1 aliphatic rings. The first-order valence-corrected chi connectivity index (χ1v) is 11.7. The van der Waals surface area contributed by atoms with Gasteiger partial charge >= 0.3 is 6.18 Å². The zero-order chi connectivity index (χ0) is 24.2. The SMILES string of the molecule is N=C(N)c1ccc(NCC(O)CN2CCN(S(=O)(=O)c3ccc(C(F)(F)F)cc3)CC2)cc1. The number of sulfonamides is 1. The van der Waals surface area contributed by atoms with E-state index in [2.05, 4.69) is 5.32 Å². The summed E-state index contributed by atoms with van der Waals surface area (Å²) < 4.78 is 64.9. The molecule has 2 aromatic carbocycles. The fourth-order valence-corrected chi connectivity index (χ4v) is 4.91. The number of aliphatic hydroxyl groups is 1. The molecule has 33 heavy (non-hydrogen) atoms. The summed E-state index contributed by atoms with van der Waals surface area (Å²) >= 11 is 0. The minimum absolute atomic E-state index is 0.0268. The number of anilines is 1. The molecule has 1 fully saturated rings. The van der Waals surface area contributed by atoms with Gasteiger partial charge in [-0.3, -0.25) is 10.3 Å². The van der Waals surface area contributed by atoms with E-state index in [1.165, 1.54) is 4.31 Å². The van der Waals surface area contributed by atoms with Crippen molar-refractivity contribution in [2.45, 2.75) is 17.2 Å². The molecule has 0 radical (unpaired) electrons. The monoisotopic (exact) mass is 485 g/mol. The second-order valence-electron chi connectivity index (χ2n) is 7.75. The number of β-amino-alcohol motifs (C(OH)–C–C–N with tert-alkyl or cyclic N) is 1. The van der Waals surface area contributed by atoms with Crippen molar-refractivity contribution in [2.75, 3.05) is 44.6 Å². The standard InChI is InChI=1S/C21H26F3N5O3S/c22-21(23,24)16-3-7-19(8-4-16)33(31,32)29-11-9-28(10-12-29)14-18(30)13-27-17-5-1-15(2-6-17)20(25)26/h1-8,18,27,30H,9-14H2,(H3,25,26). The number of hydrogen-bond acceptors (Lipinski definition) is 6. The Morgan fingerprint density at radius 3 is 2.15 bits per heavy atom. The molecule has 1 unspecified atom stereocenters. The maximum Gasteiger partial charge on any atom is 0.416 e. The molecule has 2 aromatic rings. The first kappa shape index (κ1) is 25.0. The Balaban J connectivity index is 1.48. The first-order valence-electron chi connectivity index (χ1n) is 10.2. The van der Waals surface area contributed by atoms with E-state index < -0.39 is 27.9 Å². The van der Waals surface area contributed by atoms with E-state index in [9.17, 15) is 26.7 Å². The third-order valence-corrected chi connectivity index (χ3v) is 7.27. The van der Waals surface area contributed by atoms with E-state index >= 15 is 0 Å². The molecule has 5 N–H and O–H groups in total. The Bertz CT molecular complexity index is 1050. The fourth-order valence-electron chi connectivity index (χ4n) is 3.48. The molecular formula is C21H26F3N5O3S. The van der Waals surface area contributed by atoms with Crippen LogP contribution in [0.25, 0.3) is 0 Å². The van der Waals surface area contributed by atoms with Gasteiger partial charge in [0.1, 0.15) is 5.84 Å². The molecule has 1 saturated heterocycles. The van der Waals surface area contributed by atoms with Crippen molar-refractivity contribution >= 4 is 21.5 Å². The first-order chi connectivity index (χ1) is 15.5. The van der Waals surface area contributed by atoms with Crippen LogP contribution in [0.4, 0.5) is 18.9 Å². The van der Waals surface area contributed by atoms with Crippen molar-refractivity contribution in [3.63, 3.8) is 0 Å². The molecule has 8 nitrogen and oxygen atoms in total. The van der Waals surface area contributed by atoms with Crippen LogP contribution in [-0.4, -0.2) is 73.9 Å². The number of halogens is 3. The lowest BCUT2D eigenvalue weighted by atomic mass is 10.2. The van der Waals surface area contributed by atoms with E-state index in [-0.39, 0.29) is 30.4 Å². The number of alkyl halides is 3. The molecule has 0 bridgehead atoms. The van der Waals surface area contributed by atoms with Gasteiger partial charge in [0, 0.05) is 50.5 Å². The van der Waals surface area contributed by atoms with Gasteiger partial charge in [-0.1, -0.05) is 0 Å². The Morgan fingerprint density at radius 1 is 1.06 bits per heavy atom. The average Bonchev–Trinajstić information content (AvgIpc) is 2.78. The van der Waals surface area contributed by atoms with Crippen LogP contribution in [0.15, 0.2) is 53.4 Å². The number of hydrogen-bond donors (Lipinski definition) is 4. The number of nitrogens with two attached hydrogens (primary N) is 1. The van der Waals surface area contributed by atoms with Crippen molar-refractivity contribution in [3.05, 3.63) is 59.7 Å². The van der Waals surface area contributed by atoms with E-state index in [4.69, 9.17) is 11.1 Å². The normalized spacial score (nSPS) is 17.0. The molecule has 0 aliphatic carbocycles. The van der Waals surface area contributed by atoms with Crippen molar-refractivity contribution in [1.29, 1.82) is 5.41 Å². The summed E-state index contributed by atoms with van der Waals surface area (Å²) in [5.41, 5.74) is 5.89. The summed E-state index contributed by atoms with van der Waals surface area (Å²) in [7, 11) is -3.89. The number of nitrogen functional groups attached to an aromatic ring is 1. The number of nitrogens with one attached hydrogen (secondary N) is 2. The lowest BCUT2D eigenvalue weighted by molar-refractivity contribution is -0.137. The van der Waals surface area contributed by atoms with E-state index in [0.717, 1.165) is 30.0 Å². The van der Waals surface area contributed by atoms with Gasteiger partial charge in [0.15, 0.2) is 0 Å². The zero-order valence-corrected chi connectivity index (χ0v) is 18.5. The summed E-state index contributed by atoms with van der Waals surface area (Å²) in [6, 6.07) is 10.4. The highest BCUT2D eigenvalue weighted by atomic mass is 32.2. The molecule has 1 aliphatic heterocycles. The van der Waals surface area contributed by atoms with Gasteiger partial charge in [-0.25, -0.2) is 8.42 Å². The highest BCUT2D eigenvalue weighted by Gasteiger charge is 2.32. The Kier molecular flexibility index (Phi) is 7.62. The highest BCUT2D eigenvalue weighted by molar-refractivity contribution is 7.89. The molecule has 12 heteroatoms. The second-order valence-corrected chi connectivity index (χ2v) is 9.69. The largest absolute Gasteiger partial charge is 0.416 e. The predicted octanol–water partition coefficient (Wildman–Crippen LogP) is 1.77. The average molecular weight is 486 g/mol. The van der Waals surface area contributed by atoms with Crippen LogP contribution in [0.5, 0.6) is 0 Å². The quantitative estimate of drug-likeness (QED) is 0.334. The lowest BCUT2D eigenvalue weighted by Gasteiger charge is -2.35. The molecule has 180 valence electrons. The molecule has 0 aromatic heterocycles. The highest BCUT2D eigenvalue weighted by Crippen LogP contribution is 2.30. The summed E-state index contributed by atoms with van der Waals surface area (Å²) in [6.07, 6.45) is -5.22. The smallest absolute Gasteiger partial charge is 0.390 e. The summed E-state index contributed by atoms with van der Waals surface area (Å²) in [4.78, 5) is 1.76. The zero-order valence-electron chi connectivity index (χ0n) is 17.7. The van der Waals surface area contributed by atoms with Crippen LogP contribution >= 0.6 is 0 Å². The minimum Gasteiger partial charge on any atom is -0.390 e. The van der Waals surface area contributed by atoms with Gasteiger partial charge in [0.05, 0.1) is 16.6 Å². The number of piperazine rings is 1. The van der Waals surface area contributed by atoms with Crippen LogP contribution < -0.4 is 11.1 Å². The van der Waals surface area contributed by atoms with Crippen LogP contribution in [0.1, 0.15) is 11.1 Å². The number of aliphatic hydroxyl groups excluding tert-OH is 1. The third kappa shape index (κ3) is 6.44. The molecule has 0 amide bonds. The molecule has 3 rings (SSSR count). The van der Waals surface area contributed by atoms with Crippen molar-refractivity contribution < 1.29 is 26.7 Å². The van der Waals surface area contributed by atoms with Crippen molar-refractivity contribution in [3.8, 4) is 0 Å². The predicted molar refractivity (Wildman–Crippen MR) is 119 cm³/mol. The van der Waals surface area contributed by atoms with E-state index in [1.54, 1.807) is 24.3 Å². The number of benzene rings is 2. The second kappa shape index (κ2) is 10.1. The van der Waals surface area contributed by atoms with Gasteiger partial charge in [-0.2, -0.15) is 17.5 Å². The molecule has 1 atom stereocenters. The fraction of sp³-hybridized carbons (Fsp3) is 0.381. The van der Waals surface area contributed by atoms with Gasteiger partial charge in [-0.15, -0.1) is 0 Å². The summed E-state index contributed by atoms with van der Waals surface area (Å²) in [5.74, 6) is -0.0268. The van der Waals surface area contributed by atoms with Gasteiger partial charge in [-0.05, 0) is 48.5 Å². The van der Waals surface area contributed by atoms with Crippen LogP contribution in [0, 0.1) is 5.41 Å². The van der Waals surface area contributed by atoms with Crippen LogP contribution in [-0.2, 0) is 16.2 Å². The maximum atomic E-state index is 12.7. The third-order valence-electron chi connectivity index (χ3n) is 5.36. The van der Waals surface area contributed by atoms with Crippen molar-refractivity contribution in [1.82, 2.24) is 9.21 Å². The Hall–Kier alpha value is -2.67. The molecule has 0 spiro atoms. The van der Waals surface area contributed by atoms with Gasteiger partial charge < -0.3 is 16.2 Å². The number of rotatable bonds is 8. The Labute approximate surface area is 190 Å². The van der Waals surface area contributed by atoms with Crippen LogP contribution in [0.2, 0.25) is 0 Å². The van der Waals surface area contributed by atoms with E-state index in [0.29, 0.717) is 25.2 Å². The number of nitrogens with zero attached hydrogens (tertiary/aromatic N) is 2. The summed E-state index contributed by atoms with van der Waals surface area (Å²) in [6.45, 7) is 1.76. The topological polar surface area (TPSA) is 123 Å². The summed E-state index contributed by atoms with van der Waals surface area (Å²) in [5, 5.41) is 20.8. The van der Waals surface area contributed by atoms with E-state index in [1.807, 2.05) is 4.90 Å². The van der Waals surface area contributed by atoms with Gasteiger partial charge in [0.25, 0.3) is 0 Å². The number of amidine groups is 1. The lowest BCUT2D eigenvalue weighted by Crippen LogP contribution is -2.50. The van der Waals surface area contributed by atoms with Gasteiger partial charge in [0.2, 0.25) is 10.0 Å². The minimum atomic E-state index is -4.53.